The molecule has 0 radical (unpaired) electrons. The van der Waals surface area contributed by atoms with Gasteiger partial charge in [0.1, 0.15) is 11.5 Å². The maximum Gasteiger partial charge on any atom is 0.268 e. The molecule has 3 aromatic rings. The summed E-state index contributed by atoms with van der Waals surface area (Å²) in [5, 5.41) is 2.92. The first-order valence-electron chi connectivity index (χ1n) is 7.46. The highest BCUT2D eigenvalue weighted by Crippen LogP contribution is 2.24. The van der Waals surface area contributed by atoms with Gasteiger partial charge < -0.3 is 14.3 Å². The molecule has 0 unspecified atom stereocenters. The van der Waals surface area contributed by atoms with Gasteiger partial charge in [0, 0.05) is 37.6 Å². The summed E-state index contributed by atoms with van der Waals surface area (Å²) in [6.07, 6.45) is 3.45. The van der Waals surface area contributed by atoms with Crippen molar-refractivity contribution in [2.45, 2.75) is 26.9 Å². The highest BCUT2D eigenvalue weighted by Gasteiger charge is 2.18. The summed E-state index contributed by atoms with van der Waals surface area (Å²) in [7, 11) is 0. The SMILES string of the molecule is C=C(C)Cn1c(C(=O)NCc2cccnc2)cc2oc(C)cc21. The summed E-state index contributed by atoms with van der Waals surface area (Å²) in [6.45, 7) is 8.80. The largest absolute Gasteiger partial charge is 0.460 e. The van der Waals surface area contributed by atoms with E-state index in [2.05, 4.69) is 16.9 Å². The summed E-state index contributed by atoms with van der Waals surface area (Å²) in [5.74, 6) is 0.687. The molecule has 0 fully saturated rings. The maximum absolute atomic E-state index is 12.5. The Morgan fingerprint density at radius 1 is 1.43 bits per heavy atom. The smallest absolute Gasteiger partial charge is 0.268 e. The zero-order chi connectivity index (χ0) is 16.4. The summed E-state index contributed by atoms with van der Waals surface area (Å²) in [6, 6.07) is 7.50. The molecule has 5 nitrogen and oxygen atoms in total. The van der Waals surface area contributed by atoms with Crippen LogP contribution in [0.5, 0.6) is 0 Å². The Balaban J connectivity index is 1.87. The molecule has 1 N–H and O–H groups in total. The van der Waals surface area contributed by atoms with Crippen LogP contribution in [0.3, 0.4) is 0 Å². The quantitative estimate of drug-likeness (QED) is 0.734. The van der Waals surface area contributed by atoms with Crippen LogP contribution in [-0.2, 0) is 13.1 Å². The van der Waals surface area contributed by atoms with E-state index in [4.69, 9.17) is 4.42 Å². The Morgan fingerprint density at radius 2 is 2.26 bits per heavy atom. The second kappa shape index (κ2) is 6.12. The number of nitrogens with zero attached hydrogens (tertiary/aromatic N) is 2. The van der Waals surface area contributed by atoms with Gasteiger partial charge in [-0.25, -0.2) is 0 Å². The minimum Gasteiger partial charge on any atom is -0.460 e. The molecule has 0 saturated heterocycles. The second-order valence-electron chi connectivity index (χ2n) is 5.72. The van der Waals surface area contributed by atoms with Gasteiger partial charge in [-0.2, -0.15) is 0 Å². The number of aromatic nitrogens is 2. The molecule has 0 bridgehead atoms. The van der Waals surface area contributed by atoms with Crippen LogP contribution in [0, 0.1) is 6.92 Å². The number of allylic oxidation sites excluding steroid dienone is 1. The van der Waals surface area contributed by atoms with Gasteiger partial charge in [0.2, 0.25) is 0 Å². The van der Waals surface area contributed by atoms with E-state index in [0.29, 0.717) is 18.8 Å². The van der Waals surface area contributed by atoms with E-state index in [1.165, 1.54) is 0 Å². The second-order valence-corrected chi connectivity index (χ2v) is 5.72. The van der Waals surface area contributed by atoms with Gasteiger partial charge in [0.15, 0.2) is 5.58 Å². The molecule has 118 valence electrons. The number of hydrogen-bond donors (Lipinski definition) is 1. The summed E-state index contributed by atoms with van der Waals surface area (Å²) >= 11 is 0. The molecule has 0 aliphatic rings. The van der Waals surface area contributed by atoms with E-state index >= 15 is 0 Å². The highest BCUT2D eigenvalue weighted by atomic mass is 16.3. The first-order chi connectivity index (χ1) is 11.0. The van der Waals surface area contributed by atoms with Crippen molar-refractivity contribution in [2.75, 3.05) is 0 Å². The van der Waals surface area contributed by atoms with Crippen LogP contribution < -0.4 is 5.32 Å². The van der Waals surface area contributed by atoms with Crippen LogP contribution in [0.4, 0.5) is 0 Å². The molecule has 0 spiro atoms. The number of carbonyl (C=O) groups excluding carboxylic acids is 1. The van der Waals surface area contributed by atoms with E-state index in [1.54, 1.807) is 18.5 Å². The van der Waals surface area contributed by atoms with Crippen LogP contribution in [0.2, 0.25) is 0 Å². The standard InChI is InChI=1S/C18H19N3O2/c1-12(2)11-21-15-7-13(3)23-17(15)8-16(21)18(22)20-10-14-5-4-6-19-9-14/h4-9H,1,10-11H2,2-3H3,(H,20,22). The van der Waals surface area contributed by atoms with Crippen molar-refractivity contribution in [1.29, 1.82) is 0 Å². The van der Waals surface area contributed by atoms with Crippen molar-refractivity contribution in [3.63, 3.8) is 0 Å². The van der Waals surface area contributed by atoms with E-state index in [9.17, 15) is 4.79 Å². The monoisotopic (exact) mass is 309 g/mol. The predicted molar refractivity (Wildman–Crippen MR) is 89.2 cm³/mol. The average molecular weight is 309 g/mol. The minimum atomic E-state index is -0.140. The topological polar surface area (TPSA) is 60.1 Å². The highest BCUT2D eigenvalue weighted by molar-refractivity contribution is 5.97. The van der Waals surface area contributed by atoms with Crippen LogP contribution in [-0.4, -0.2) is 15.5 Å². The van der Waals surface area contributed by atoms with Crippen LogP contribution in [0.15, 0.2) is 53.2 Å². The van der Waals surface area contributed by atoms with Gasteiger partial charge in [-0.3, -0.25) is 9.78 Å². The molecular formula is C18H19N3O2. The van der Waals surface area contributed by atoms with Crippen molar-refractivity contribution in [1.82, 2.24) is 14.9 Å². The normalized spacial score (nSPS) is 10.9. The lowest BCUT2D eigenvalue weighted by molar-refractivity contribution is 0.0942. The zero-order valence-electron chi connectivity index (χ0n) is 13.3. The summed E-state index contributed by atoms with van der Waals surface area (Å²) in [5.41, 5.74) is 4.14. The lowest BCUT2D eigenvalue weighted by atomic mass is 10.3. The Bertz CT molecular complexity index is 859. The molecule has 0 aliphatic heterocycles. The summed E-state index contributed by atoms with van der Waals surface area (Å²) in [4.78, 5) is 16.6. The third-order valence-corrected chi connectivity index (χ3v) is 3.55. The van der Waals surface area contributed by atoms with E-state index < -0.39 is 0 Å². The van der Waals surface area contributed by atoms with Gasteiger partial charge in [0.25, 0.3) is 5.91 Å². The average Bonchev–Trinajstić information content (AvgIpc) is 3.03. The molecule has 0 aromatic carbocycles. The number of hydrogen-bond acceptors (Lipinski definition) is 3. The number of furan rings is 1. The number of pyridine rings is 1. The Labute approximate surface area is 134 Å². The molecule has 3 heterocycles. The van der Waals surface area contributed by atoms with Crippen LogP contribution in [0.25, 0.3) is 11.1 Å². The molecular weight excluding hydrogens is 290 g/mol. The first-order valence-corrected chi connectivity index (χ1v) is 7.46. The van der Waals surface area contributed by atoms with Crippen LogP contribution >= 0.6 is 0 Å². The number of carbonyl (C=O) groups is 1. The number of nitrogens with one attached hydrogen (secondary N) is 1. The number of amides is 1. The first kappa shape index (κ1) is 15.1. The Hall–Kier alpha value is -2.82. The molecule has 5 heteroatoms. The van der Waals surface area contributed by atoms with Crippen molar-refractivity contribution >= 4 is 17.0 Å². The van der Waals surface area contributed by atoms with E-state index in [-0.39, 0.29) is 5.91 Å². The molecule has 0 atom stereocenters. The van der Waals surface area contributed by atoms with Crippen LogP contribution in [0.1, 0.15) is 28.7 Å². The third kappa shape index (κ3) is 3.18. The van der Waals surface area contributed by atoms with Gasteiger partial charge in [0.05, 0.1) is 5.52 Å². The maximum atomic E-state index is 12.5. The van der Waals surface area contributed by atoms with Gasteiger partial charge >= 0.3 is 0 Å². The lowest BCUT2D eigenvalue weighted by Crippen LogP contribution is -2.25. The van der Waals surface area contributed by atoms with Crippen molar-refractivity contribution < 1.29 is 9.21 Å². The molecule has 0 saturated carbocycles. The fourth-order valence-corrected chi connectivity index (χ4v) is 2.57. The Morgan fingerprint density at radius 3 is 2.96 bits per heavy atom. The molecule has 3 aromatic heterocycles. The molecule has 1 amide bonds. The van der Waals surface area contributed by atoms with Gasteiger partial charge in [-0.05, 0) is 25.5 Å². The van der Waals surface area contributed by atoms with Crippen molar-refractivity contribution in [3.8, 4) is 0 Å². The zero-order valence-corrected chi connectivity index (χ0v) is 13.3. The van der Waals surface area contributed by atoms with Crippen molar-refractivity contribution in [2.24, 2.45) is 0 Å². The molecule has 0 aliphatic carbocycles. The third-order valence-electron chi connectivity index (χ3n) is 3.55. The predicted octanol–water partition coefficient (Wildman–Crippen LogP) is 3.44. The number of rotatable bonds is 5. The van der Waals surface area contributed by atoms with E-state index in [1.807, 2.05) is 36.6 Å². The summed E-state index contributed by atoms with van der Waals surface area (Å²) < 4.78 is 7.58. The van der Waals surface area contributed by atoms with Crippen molar-refractivity contribution in [3.05, 3.63) is 65.8 Å². The van der Waals surface area contributed by atoms with Gasteiger partial charge in [-0.1, -0.05) is 18.2 Å². The van der Waals surface area contributed by atoms with E-state index in [0.717, 1.165) is 28.0 Å². The fraction of sp³-hybridized carbons (Fsp3) is 0.222. The lowest BCUT2D eigenvalue weighted by Gasteiger charge is -2.10. The molecule has 23 heavy (non-hydrogen) atoms. The van der Waals surface area contributed by atoms with Gasteiger partial charge in [-0.15, -0.1) is 0 Å². The molecule has 3 rings (SSSR count). The number of fused-ring (bicyclic) bond motifs is 1. The fourth-order valence-electron chi connectivity index (χ4n) is 2.57. The number of aryl methyl sites for hydroxylation is 1. The Kier molecular flexibility index (Phi) is 4.02. The minimum absolute atomic E-state index is 0.140.